The molecule has 1 aromatic heterocycles. The smallest absolute Gasteiger partial charge is 0.387 e. The number of piperazine rings is 1. The zero-order valence-electron chi connectivity index (χ0n) is 22.9. The summed E-state index contributed by atoms with van der Waals surface area (Å²) >= 11 is 0. The number of esters is 2. The monoisotopic (exact) mass is 556 g/mol. The van der Waals surface area contributed by atoms with Crippen molar-refractivity contribution in [2.45, 2.75) is 33.3 Å². The number of para-hydroxylation sites is 1. The van der Waals surface area contributed by atoms with E-state index in [0.29, 0.717) is 17.9 Å². The molecule has 1 unspecified atom stereocenters. The lowest BCUT2D eigenvalue weighted by molar-refractivity contribution is -0.140. The van der Waals surface area contributed by atoms with Crippen molar-refractivity contribution in [2.75, 3.05) is 50.8 Å². The second kappa shape index (κ2) is 13.4. The summed E-state index contributed by atoms with van der Waals surface area (Å²) in [6.07, 6.45) is 1.77. The van der Waals surface area contributed by atoms with Gasteiger partial charge in [-0.1, -0.05) is 24.3 Å². The second-order valence-electron chi connectivity index (χ2n) is 9.42. The molecular formula is C29H34F2N4O5. The van der Waals surface area contributed by atoms with Gasteiger partial charge in [0.25, 0.3) is 0 Å². The Kier molecular flexibility index (Phi) is 9.70. The summed E-state index contributed by atoms with van der Waals surface area (Å²) in [6.45, 7) is 5.86. The number of aromatic nitrogens is 1. The van der Waals surface area contributed by atoms with Gasteiger partial charge in [-0.25, -0.2) is 14.6 Å². The SMILES string of the molecule is CCOC(=O)C1=C(C)NC(C)=C(C(=O)OCCN2CCN(c3ccccn3)CC2)C1c1ccccc1OC(F)F. The predicted octanol–water partition coefficient (Wildman–Crippen LogP) is 3.85. The van der Waals surface area contributed by atoms with Crippen molar-refractivity contribution in [1.82, 2.24) is 15.2 Å². The number of nitrogens with one attached hydrogen (secondary N) is 1. The minimum atomic E-state index is -3.09. The first-order chi connectivity index (χ1) is 19.3. The maximum absolute atomic E-state index is 13.5. The molecule has 214 valence electrons. The average Bonchev–Trinajstić information content (AvgIpc) is 2.93. The zero-order chi connectivity index (χ0) is 28.6. The van der Waals surface area contributed by atoms with E-state index in [1.165, 1.54) is 6.07 Å². The number of rotatable bonds is 10. The number of allylic oxidation sites excluding steroid dienone is 2. The quantitative estimate of drug-likeness (QED) is 0.438. The normalized spacial score (nSPS) is 18.1. The molecule has 0 bridgehead atoms. The van der Waals surface area contributed by atoms with E-state index in [-0.39, 0.29) is 35.7 Å². The van der Waals surface area contributed by atoms with Crippen LogP contribution < -0.4 is 15.0 Å². The number of hydrogen-bond acceptors (Lipinski definition) is 9. The Morgan fingerprint density at radius 3 is 2.25 bits per heavy atom. The average molecular weight is 557 g/mol. The van der Waals surface area contributed by atoms with Crippen LogP contribution >= 0.6 is 0 Å². The highest BCUT2D eigenvalue weighted by atomic mass is 19.3. The molecule has 1 atom stereocenters. The van der Waals surface area contributed by atoms with Gasteiger partial charge in [-0.05, 0) is 39.0 Å². The Hall–Kier alpha value is -3.99. The molecule has 2 aliphatic rings. The Morgan fingerprint density at radius 2 is 1.62 bits per heavy atom. The van der Waals surface area contributed by atoms with E-state index in [0.717, 1.165) is 32.0 Å². The van der Waals surface area contributed by atoms with Gasteiger partial charge in [0.1, 0.15) is 18.2 Å². The van der Waals surface area contributed by atoms with Gasteiger partial charge in [-0.2, -0.15) is 8.78 Å². The van der Waals surface area contributed by atoms with E-state index in [1.54, 1.807) is 45.2 Å². The fourth-order valence-electron chi connectivity index (χ4n) is 5.06. The van der Waals surface area contributed by atoms with Crippen LogP contribution in [-0.2, 0) is 19.1 Å². The Morgan fingerprint density at radius 1 is 0.975 bits per heavy atom. The van der Waals surface area contributed by atoms with Crippen molar-refractivity contribution in [3.8, 4) is 5.75 Å². The molecule has 2 aromatic rings. The largest absolute Gasteiger partial charge is 0.463 e. The number of pyridine rings is 1. The third kappa shape index (κ3) is 6.77. The first-order valence-electron chi connectivity index (χ1n) is 13.2. The predicted molar refractivity (Wildman–Crippen MR) is 145 cm³/mol. The number of carbonyl (C=O) groups is 2. The van der Waals surface area contributed by atoms with E-state index < -0.39 is 24.5 Å². The topological polar surface area (TPSA) is 93.2 Å². The van der Waals surface area contributed by atoms with Crippen LogP contribution in [0.2, 0.25) is 0 Å². The number of ether oxygens (including phenoxy) is 3. The van der Waals surface area contributed by atoms with Crippen LogP contribution in [0.25, 0.3) is 0 Å². The molecule has 4 rings (SSSR count). The number of nitrogens with zero attached hydrogens (tertiary/aromatic N) is 3. The molecule has 9 nitrogen and oxygen atoms in total. The fourth-order valence-corrected chi connectivity index (χ4v) is 5.06. The molecule has 0 spiro atoms. The van der Waals surface area contributed by atoms with Gasteiger partial charge in [0.15, 0.2) is 0 Å². The number of carbonyl (C=O) groups excluding carboxylic acids is 2. The van der Waals surface area contributed by atoms with Gasteiger partial charge >= 0.3 is 18.6 Å². The molecule has 1 N–H and O–H groups in total. The number of anilines is 1. The molecule has 40 heavy (non-hydrogen) atoms. The van der Waals surface area contributed by atoms with E-state index in [4.69, 9.17) is 14.2 Å². The van der Waals surface area contributed by atoms with Crippen molar-refractivity contribution in [1.29, 1.82) is 0 Å². The molecule has 0 amide bonds. The maximum Gasteiger partial charge on any atom is 0.387 e. The molecule has 0 aliphatic carbocycles. The zero-order valence-corrected chi connectivity index (χ0v) is 22.9. The minimum Gasteiger partial charge on any atom is -0.463 e. The van der Waals surface area contributed by atoms with Crippen LogP contribution in [0.4, 0.5) is 14.6 Å². The number of benzene rings is 1. The highest BCUT2D eigenvalue weighted by molar-refractivity contribution is 6.00. The van der Waals surface area contributed by atoms with Gasteiger partial charge in [0.05, 0.1) is 23.7 Å². The van der Waals surface area contributed by atoms with Gasteiger partial charge < -0.3 is 24.4 Å². The highest BCUT2D eigenvalue weighted by Gasteiger charge is 2.39. The summed E-state index contributed by atoms with van der Waals surface area (Å²) in [6, 6.07) is 11.9. The van der Waals surface area contributed by atoms with Gasteiger partial charge in [-0.3, -0.25) is 4.90 Å². The molecule has 0 radical (unpaired) electrons. The molecular weight excluding hydrogens is 522 g/mol. The van der Waals surface area contributed by atoms with Crippen molar-refractivity contribution in [3.05, 3.63) is 76.8 Å². The van der Waals surface area contributed by atoms with E-state index in [9.17, 15) is 18.4 Å². The van der Waals surface area contributed by atoms with Crippen LogP contribution in [0, 0.1) is 0 Å². The third-order valence-electron chi connectivity index (χ3n) is 6.91. The third-order valence-corrected chi connectivity index (χ3v) is 6.91. The molecule has 0 saturated carbocycles. The van der Waals surface area contributed by atoms with Crippen molar-refractivity contribution in [2.24, 2.45) is 0 Å². The summed E-state index contributed by atoms with van der Waals surface area (Å²) in [4.78, 5) is 35.4. The Balaban J connectivity index is 1.50. The lowest BCUT2D eigenvalue weighted by atomic mass is 9.80. The number of dihydropyridines is 1. The Labute approximate surface area is 232 Å². The second-order valence-corrected chi connectivity index (χ2v) is 9.42. The van der Waals surface area contributed by atoms with Crippen LogP contribution in [0.15, 0.2) is 71.2 Å². The van der Waals surface area contributed by atoms with Crippen LogP contribution in [0.3, 0.4) is 0 Å². The molecule has 3 heterocycles. The summed E-state index contributed by atoms with van der Waals surface area (Å²) < 4.78 is 42.3. The van der Waals surface area contributed by atoms with Gasteiger partial charge in [-0.15, -0.1) is 0 Å². The molecule has 1 aromatic carbocycles. The summed E-state index contributed by atoms with van der Waals surface area (Å²) in [7, 11) is 0. The van der Waals surface area contributed by atoms with Crippen molar-refractivity contribution < 1.29 is 32.6 Å². The van der Waals surface area contributed by atoms with Crippen LogP contribution in [0.1, 0.15) is 32.3 Å². The number of hydrogen-bond donors (Lipinski definition) is 1. The molecule has 11 heteroatoms. The summed E-state index contributed by atoms with van der Waals surface area (Å²) in [5, 5.41) is 3.07. The lowest BCUT2D eigenvalue weighted by Crippen LogP contribution is -2.47. The highest BCUT2D eigenvalue weighted by Crippen LogP contribution is 2.43. The minimum absolute atomic E-state index is 0.105. The van der Waals surface area contributed by atoms with Crippen LogP contribution in [-0.4, -0.2) is 74.4 Å². The van der Waals surface area contributed by atoms with E-state index in [1.807, 2.05) is 18.2 Å². The first-order valence-corrected chi connectivity index (χ1v) is 13.2. The lowest BCUT2D eigenvalue weighted by Gasteiger charge is -2.35. The van der Waals surface area contributed by atoms with Crippen molar-refractivity contribution in [3.63, 3.8) is 0 Å². The van der Waals surface area contributed by atoms with E-state index in [2.05, 4.69) is 20.1 Å². The fraction of sp³-hybridized carbons (Fsp3) is 0.414. The number of halogens is 2. The molecule has 1 saturated heterocycles. The van der Waals surface area contributed by atoms with Crippen LogP contribution in [0.5, 0.6) is 5.75 Å². The van der Waals surface area contributed by atoms with Crippen molar-refractivity contribution >= 4 is 17.8 Å². The standard InChI is InChI=1S/C29H34F2N4O5/c1-4-38-27(36)24-19(2)33-20(3)25(26(24)21-9-5-6-10-22(21)40-29(30)31)28(37)39-18-17-34-13-15-35(16-14-34)23-11-7-8-12-32-23/h5-12,26,29,33H,4,13-18H2,1-3H3. The number of alkyl halides is 2. The summed E-state index contributed by atoms with van der Waals surface area (Å²) in [5.41, 5.74) is 1.42. The van der Waals surface area contributed by atoms with Gasteiger partial charge in [0, 0.05) is 55.9 Å². The van der Waals surface area contributed by atoms with Gasteiger partial charge in [0.2, 0.25) is 0 Å². The Bertz CT molecular complexity index is 1260. The first kappa shape index (κ1) is 29.0. The molecule has 1 fully saturated rings. The maximum atomic E-state index is 13.5. The summed E-state index contributed by atoms with van der Waals surface area (Å²) in [5.74, 6) is -1.53. The molecule has 2 aliphatic heterocycles. The van der Waals surface area contributed by atoms with E-state index >= 15 is 0 Å².